The van der Waals surface area contributed by atoms with Crippen LogP contribution in [0.2, 0.25) is 0 Å². The summed E-state index contributed by atoms with van der Waals surface area (Å²) in [5.41, 5.74) is 0.519. The minimum absolute atomic E-state index is 0.519. The van der Waals surface area contributed by atoms with E-state index in [4.69, 9.17) is 0 Å². The highest BCUT2D eigenvalue weighted by atomic mass is 15.3. The van der Waals surface area contributed by atoms with Crippen LogP contribution in [0.25, 0.3) is 0 Å². The van der Waals surface area contributed by atoms with Gasteiger partial charge in [-0.1, -0.05) is 6.92 Å². The normalized spacial score (nSPS) is 33.8. The molecule has 3 heterocycles. The molecule has 0 bridgehead atoms. The Balaban J connectivity index is 1.40. The molecule has 0 aromatic carbocycles. The second kappa shape index (κ2) is 7.16. The van der Waals surface area contributed by atoms with E-state index in [1.54, 1.807) is 0 Å². The fraction of sp³-hybridized carbons (Fsp3) is 1.00. The molecular weight excluding hydrogens is 272 g/mol. The Hall–Kier alpha value is -0.160. The van der Waals surface area contributed by atoms with E-state index in [-0.39, 0.29) is 0 Å². The van der Waals surface area contributed by atoms with E-state index >= 15 is 0 Å². The van der Waals surface area contributed by atoms with Gasteiger partial charge in [-0.05, 0) is 58.2 Å². The zero-order chi connectivity index (χ0) is 15.6. The van der Waals surface area contributed by atoms with Gasteiger partial charge in [-0.2, -0.15) is 0 Å². The second-order valence-corrected chi connectivity index (χ2v) is 8.41. The van der Waals surface area contributed by atoms with Gasteiger partial charge in [-0.15, -0.1) is 0 Å². The van der Waals surface area contributed by atoms with Gasteiger partial charge in [-0.25, -0.2) is 0 Å². The van der Waals surface area contributed by atoms with Crippen molar-refractivity contribution < 1.29 is 0 Å². The molecule has 0 saturated carbocycles. The van der Waals surface area contributed by atoms with Crippen molar-refractivity contribution in [3.05, 3.63) is 0 Å². The van der Waals surface area contributed by atoms with Crippen LogP contribution >= 0.6 is 0 Å². The van der Waals surface area contributed by atoms with Crippen molar-refractivity contribution in [3.8, 4) is 0 Å². The Kier molecular flexibility index (Phi) is 5.43. The molecule has 1 N–H and O–H groups in total. The molecule has 0 radical (unpaired) electrons. The van der Waals surface area contributed by atoms with E-state index in [9.17, 15) is 0 Å². The molecule has 4 nitrogen and oxygen atoms in total. The molecule has 3 aliphatic rings. The lowest BCUT2D eigenvalue weighted by molar-refractivity contribution is 0.0402. The van der Waals surface area contributed by atoms with Gasteiger partial charge < -0.3 is 15.1 Å². The summed E-state index contributed by atoms with van der Waals surface area (Å²) in [6.45, 7) is 18.6. The van der Waals surface area contributed by atoms with Crippen molar-refractivity contribution in [2.24, 2.45) is 5.41 Å². The molecule has 1 atom stereocenters. The molecule has 1 unspecified atom stereocenters. The fourth-order valence-corrected chi connectivity index (χ4v) is 4.60. The van der Waals surface area contributed by atoms with Crippen LogP contribution < -0.4 is 5.32 Å². The number of nitrogens with one attached hydrogen (secondary N) is 1. The van der Waals surface area contributed by atoms with Crippen LogP contribution in [0, 0.1) is 5.41 Å². The smallest absolute Gasteiger partial charge is 0.0121 e. The number of hydrogen-bond donors (Lipinski definition) is 1. The first-order valence-corrected chi connectivity index (χ1v) is 9.47. The highest BCUT2D eigenvalue weighted by Gasteiger charge is 2.33. The van der Waals surface area contributed by atoms with E-state index in [1.807, 2.05) is 0 Å². The first-order valence-electron chi connectivity index (χ1n) is 9.47. The summed E-state index contributed by atoms with van der Waals surface area (Å²) < 4.78 is 0. The molecule has 3 fully saturated rings. The van der Waals surface area contributed by atoms with E-state index < -0.39 is 0 Å². The van der Waals surface area contributed by atoms with Crippen LogP contribution in [-0.4, -0.2) is 85.7 Å². The van der Waals surface area contributed by atoms with Crippen LogP contribution in [0.4, 0.5) is 0 Å². The van der Waals surface area contributed by atoms with Gasteiger partial charge in [-0.3, -0.25) is 4.90 Å². The van der Waals surface area contributed by atoms with Gasteiger partial charge in [0.2, 0.25) is 0 Å². The summed E-state index contributed by atoms with van der Waals surface area (Å²) in [5.74, 6) is 0. The van der Waals surface area contributed by atoms with Crippen molar-refractivity contribution in [2.45, 2.75) is 52.1 Å². The third kappa shape index (κ3) is 4.02. The zero-order valence-electron chi connectivity index (χ0n) is 15.0. The molecule has 3 aliphatic heterocycles. The van der Waals surface area contributed by atoms with E-state index in [1.165, 1.54) is 78.2 Å². The van der Waals surface area contributed by atoms with E-state index in [0.29, 0.717) is 5.41 Å². The topological polar surface area (TPSA) is 21.8 Å². The average Bonchev–Trinajstić information content (AvgIpc) is 2.94. The van der Waals surface area contributed by atoms with Crippen LogP contribution in [0.1, 0.15) is 40.0 Å². The molecule has 3 rings (SSSR count). The number of likely N-dealkylation sites (tertiary alicyclic amines) is 1. The molecule has 22 heavy (non-hydrogen) atoms. The number of hydrogen-bond acceptors (Lipinski definition) is 4. The third-order valence-electron chi connectivity index (χ3n) is 6.22. The minimum atomic E-state index is 0.519. The Morgan fingerprint density at radius 2 is 1.73 bits per heavy atom. The predicted molar refractivity (Wildman–Crippen MR) is 93.3 cm³/mol. The molecule has 128 valence electrons. The third-order valence-corrected chi connectivity index (χ3v) is 6.22. The highest BCUT2D eigenvalue weighted by molar-refractivity contribution is 4.89. The van der Waals surface area contributed by atoms with Crippen molar-refractivity contribution in [1.82, 2.24) is 20.0 Å². The van der Waals surface area contributed by atoms with E-state index in [2.05, 4.69) is 40.8 Å². The van der Waals surface area contributed by atoms with Crippen LogP contribution in [-0.2, 0) is 0 Å². The summed E-state index contributed by atoms with van der Waals surface area (Å²) in [7, 11) is 0. The van der Waals surface area contributed by atoms with Crippen molar-refractivity contribution >= 4 is 0 Å². The summed E-state index contributed by atoms with van der Waals surface area (Å²) in [6.07, 6.45) is 4.10. The Morgan fingerprint density at radius 3 is 2.27 bits per heavy atom. The van der Waals surface area contributed by atoms with Crippen LogP contribution in [0.15, 0.2) is 0 Å². The zero-order valence-corrected chi connectivity index (χ0v) is 15.0. The van der Waals surface area contributed by atoms with E-state index in [0.717, 1.165) is 12.1 Å². The van der Waals surface area contributed by atoms with Gasteiger partial charge in [0.15, 0.2) is 0 Å². The average molecular weight is 309 g/mol. The number of rotatable bonds is 4. The molecule has 0 aromatic heterocycles. The first-order chi connectivity index (χ1) is 10.6. The second-order valence-electron chi connectivity index (χ2n) is 8.41. The largest absolute Gasteiger partial charge is 0.316 e. The molecular formula is C18H36N4. The highest BCUT2D eigenvalue weighted by Crippen LogP contribution is 2.27. The van der Waals surface area contributed by atoms with Gasteiger partial charge in [0, 0.05) is 51.4 Å². The number of piperazine rings is 1. The number of piperidine rings is 1. The standard InChI is InChI=1S/C18H36N4/c1-16(2)21-8-4-17(5-9-21)22-12-10-20(11-13-22)15-18(3)6-7-19-14-18/h16-17,19H,4-15H2,1-3H3. The molecule has 0 amide bonds. The Bertz CT molecular complexity index is 335. The summed E-state index contributed by atoms with van der Waals surface area (Å²) in [5, 5.41) is 3.53. The number of nitrogens with zero attached hydrogens (tertiary/aromatic N) is 3. The molecule has 0 aromatic rings. The predicted octanol–water partition coefficient (Wildman–Crippen LogP) is 1.48. The lowest BCUT2D eigenvalue weighted by Gasteiger charge is -2.44. The van der Waals surface area contributed by atoms with Gasteiger partial charge in [0.05, 0.1) is 0 Å². The summed E-state index contributed by atoms with van der Waals surface area (Å²) in [4.78, 5) is 8.14. The van der Waals surface area contributed by atoms with Crippen molar-refractivity contribution in [1.29, 1.82) is 0 Å². The lowest BCUT2D eigenvalue weighted by Crippen LogP contribution is -2.55. The summed E-state index contributed by atoms with van der Waals surface area (Å²) >= 11 is 0. The lowest BCUT2D eigenvalue weighted by atomic mass is 9.89. The maximum absolute atomic E-state index is 3.53. The van der Waals surface area contributed by atoms with Crippen molar-refractivity contribution in [3.63, 3.8) is 0 Å². The Labute approximate surface area is 137 Å². The van der Waals surface area contributed by atoms with Crippen LogP contribution in [0.5, 0.6) is 0 Å². The molecule has 0 spiro atoms. The SMILES string of the molecule is CC(C)N1CCC(N2CCN(CC3(C)CCNC3)CC2)CC1. The molecule has 3 saturated heterocycles. The maximum Gasteiger partial charge on any atom is 0.0121 e. The monoisotopic (exact) mass is 308 g/mol. The summed E-state index contributed by atoms with van der Waals surface area (Å²) in [6, 6.07) is 1.57. The van der Waals surface area contributed by atoms with Gasteiger partial charge in [0.1, 0.15) is 0 Å². The minimum Gasteiger partial charge on any atom is -0.316 e. The maximum atomic E-state index is 3.53. The van der Waals surface area contributed by atoms with Crippen LogP contribution in [0.3, 0.4) is 0 Å². The Morgan fingerprint density at radius 1 is 1.05 bits per heavy atom. The van der Waals surface area contributed by atoms with Crippen molar-refractivity contribution in [2.75, 3.05) is 58.9 Å². The van der Waals surface area contributed by atoms with Gasteiger partial charge >= 0.3 is 0 Å². The molecule has 4 heteroatoms. The van der Waals surface area contributed by atoms with Gasteiger partial charge in [0.25, 0.3) is 0 Å². The fourth-order valence-electron chi connectivity index (χ4n) is 4.60. The molecule has 0 aliphatic carbocycles. The first kappa shape index (κ1) is 16.7. The quantitative estimate of drug-likeness (QED) is 0.849.